The minimum atomic E-state index is -3.67. The van der Waals surface area contributed by atoms with Gasteiger partial charge in [-0.3, -0.25) is 0 Å². The zero-order valence-electron chi connectivity index (χ0n) is 10.5. The zero-order valence-corrected chi connectivity index (χ0v) is 11.3. The molecule has 0 saturated heterocycles. The van der Waals surface area contributed by atoms with Crippen molar-refractivity contribution in [3.8, 4) is 0 Å². The van der Waals surface area contributed by atoms with E-state index in [4.69, 9.17) is 4.78 Å². The van der Waals surface area contributed by atoms with Crippen molar-refractivity contribution in [2.75, 3.05) is 0 Å². The lowest BCUT2D eigenvalue weighted by atomic mass is 10.2. The van der Waals surface area contributed by atoms with E-state index in [2.05, 4.69) is 54.5 Å². The van der Waals surface area contributed by atoms with Crippen LogP contribution in [0.4, 0.5) is 13.2 Å². The Hall–Kier alpha value is -1.04. The van der Waals surface area contributed by atoms with Gasteiger partial charge in [0.25, 0.3) is 0 Å². The molecule has 18 heavy (non-hydrogen) atoms. The number of nitrogens with zero attached hydrogens (tertiary/aromatic N) is 1. The molecule has 104 valence electrons. The molecule has 0 atom stereocenters. The highest BCUT2D eigenvalue weighted by molar-refractivity contribution is 7.45. The second kappa shape index (κ2) is 16.0. The van der Waals surface area contributed by atoms with Crippen LogP contribution in [0.15, 0.2) is 30.6 Å². The molecule has 2 nitrogen and oxygen atoms in total. The van der Waals surface area contributed by atoms with E-state index in [-0.39, 0.29) is 0 Å². The highest BCUT2D eigenvalue weighted by Gasteiger charge is 1.95. The lowest BCUT2D eigenvalue weighted by Crippen LogP contribution is -2.32. The van der Waals surface area contributed by atoms with Gasteiger partial charge in [-0.2, -0.15) is 13.2 Å². The first-order valence-electron chi connectivity index (χ1n) is 5.73. The average molecular weight is 281 g/mol. The van der Waals surface area contributed by atoms with Crippen molar-refractivity contribution in [1.29, 1.82) is 4.78 Å². The first-order chi connectivity index (χ1) is 8.66. The number of aryl methyl sites for hydroxylation is 1. The molecule has 0 aliphatic heterocycles. The van der Waals surface area contributed by atoms with E-state index >= 15 is 0 Å². The maximum atomic E-state index is 9.67. The molecule has 0 bridgehead atoms. The minimum Gasteiger partial charge on any atom is -0.235 e. The summed E-state index contributed by atoms with van der Waals surface area (Å²) in [5.74, 6) is 0. The molecule has 1 aromatic heterocycles. The molecule has 0 spiro atoms. The van der Waals surface area contributed by atoms with Crippen LogP contribution in [0, 0.1) is 4.78 Å². The predicted octanol–water partition coefficient (Wildman–Crippen LogP) is 4.03. The maximum Gasteiger partial charge on any atom is 0.379 e. The van der Waals surface area contributed by atoms with Crippen molar-refractivity contribution in [3.05, 3.63) is 30.6 Å². The molecule has 6 heteroatoms. The van der Waals surface area contributed by atoms with Crippen molar-refractivity contribution < 1.29 is 17.7 Å². The smallest absolute Gasteiger partial charge is 0.235 e. The van der Waals surface area contributed by atoms with Gasteiger partial charge in [0.1, 0.15) is 6.54 Å². The Morgan fingerprint density at radius 1 is 1.00 bits per heavy atom. The molecular weight excluding hydrogens is 261 g/mol. The largest absolute Gasteiger partial charge is 0.379 e. The highest BCUT2D eigenvalue weighted by atomic mass is 32.1. The van der Waals surface area contributed by atoms with Gasteiger partial charge in [-0.25, -0.2) is 9.35 Å². The number of hydrogen-bond acceptors (Lipinski definition) is 2. The first kappa shape index (κ1) is 19.3. The van der Waals surface area contributed by atoms with Crippen molar-refractivity contribution in [3.63, 3.8) is 0 Å². The molecule has 0 unspecified atom stereocenters. The van der Waals surface area contributed by atoms with Crippen LogP contribution in [0.5, 0.6) is 0 Å². The Balaban J connectivity index is 0. The van der Waals surface area contributed by atoms with Crippen molar-refractivity contribution >= 4 is 12.4 Å². The third-order valence-electron chi connectivity index (χ3n) is 2.05. The Bertz CT molecular complexity index is 258. The van der Waals surface area contributed by atoms with E-state index in [1.165, 1.54) is 32.2 Å². The molecule has 0 amide bonds. The Labute approximate surface area is 112 Å². The van der Waals surface area contributed by atoms with E-state index < -0.39 is 6.68 Å². The molecule has 1 heterocycles. The number of aromatic nitrogens is 1. The van der Waals surface area contributed by atoms with Crippen molar-refractivity contribution in [2.45, 2.75) is 45.8 Å². The second-order valence-corrected chi connectivity index (χ2v) is 3.42. The lowest BCUT2D eigenvalue weighted by molar-refractivity contribution is -0.697. The summed E-state index contributed by atoms with van der Waals surface area (Å²) in [4.78, 5) is 0. The van der Waals surface area contributed by atoms with Gasteiger partial charge in [0, 0.05) is 31.0 Å². The Morgan fingerprint density at radius 3 is 1.94 bits per heavy atom. The molecule has 0 aromatic carbocycles. The fourth-order valence-electron chi connectivity index (χ4n) is 1.30. The van der Waals surface area contributed by atoms with Crippen LogP contribution in [0.25, 0.3) is 0 Å². The van der Waals surface area contributed by atoms with E-state index in [9.17, 15) is 13.2 Å². The number of alkyl halides is 3. The van der Waals surface area contributed by atoms with Crippen molar-refractivity contribution in [1.82, 2.24) is 0 Å². The molecular formula is C12H20F3N2S+. The summed E-state index contributed by atoms with van der Waals surface area (Å²) in [6.45, 7) is -0.253. The van der Waals surface area contributed by atoms with E-state index in [0.717, 1.165) is 0 Å². The molecule has 1 N–H and O–H groups in total. The molecule has 0 fully saturated rings. The van der Waals surface area contributed by atoms with Crippen molar-refractivity contribution in [2.24, 2.45) is 0 Å². The fourth-order valence-corrected chi connectivity index (χ4v) is 1.30. The van der Waals surface area contributed by atoms with Crippen LogP contribution in [-0.2, 0) is 19.0 Å². The number of rotatable bonds is 5. The summed E-state index contributed by atoms with van der Waals surface area (Å²) < 4.78 is 36.6. The molecule has 0 saturated carbocycles. The third-order valence-corrected chi connectivity index (χ3v) is 2.05. The summed E-state index contributed by atoms with van der Waals surface area (Å²) >= 11 is 3.33. The summed E-state index contributed by atoms with van der Waals surface area (Å²) in [5.41, 5.74) is 0. The van der Waals surface area contributed by atoms with Gasteiger partial charge in [0.2, 0.25) is 0 Å². The first-order valence-corrected chi connectivity index (χ1v) is 6.14. The summed E-state index contributed by atoms with van der Waals surface area (Å²) in [6, 6.07) is 6.22. The quantitative estimate of drug-likeness (QED) is 0.640. The van der Waals surface area contributed by atoms with Gasteiger partial charge < -0.3 is 0 Å². The minimum absolute atomic E-state index is 1.17. The number of pyridine rings is 1. The van der Waals surface area contributed by atoms with Gasteiger partial charge in [-0.1, -0.05) is 25.8 Å². The monoisotopic (exact) mass is 281 g/mol. The van der Waals surface area contributed by atoms with Gasteiger partial charge in [0.15, 0.2) is 12.4 Å². The van der Waals surface area contributed by atoms with Gasteiger partial charge in [0.05, 0.1) is 0 Å². The van der Waals surface area contributed by atoms with E-state index in [1.807, 2.05) is 0 Å². The number of nitrogens with one attached hydrogen (secondary N) is 1. The lowest BCUT2D eigenvalue weighted by Gasteiger charge is -1.95. The summed E-state index contributed by atoms with van der Waals surface area (Å²) in [6.07, 6.45) is 9.62. The topological polar surface area (TPSA) is 27.7 Å². The molecule has 0 aliphatic carbocycles. The fraction of sp³-hybridized carbons (Fsp3) is 0.583. The number of unbranched alkanes of at least 4 members (excludes halogenated alkanes) is 3. The summed E-state index contributed by atoms with van der Waals surface area (Å²) in [5, 5.41) is 0. The SMILES string of the molecule is CCCCCC[n+]1ccccc1.FC(F)F.N=S. The Morgan fingerprint density at radius 2 is 1.50 bits per heavy atom. The van der Waals surface area contributed by atoms with Gasteiger partial charge in [-0.15, -0.1) is 0 Å². The predicted molar refractivity (Wildman–Crippen MR) is 68.0 cm³/mol. The van der Waals surface area contributed by atoms with Crippen LogP contribution in [0.1, 0.15) is 32.6 Å². The molecule has 0 aliphatic rings. The molecule has 0 radical (unpaired) electrons. The molecule has 1 rings (SSSR count). The highest BCUT2D eigenvalue weighted by Crippen LogP contribution is 1.97. The molecule has 1 aromatic rings. The van der Waals surface area contributed by atoms with Crippen LogP contribution < -0.4 is 4.57 Å². The third kappa shape index (κ3) is 17.4. The second-order valence-electron chi connectivity index (χ2n) is 3.42. The van der Waals surface area contributed by atoms with Crippen LogP contribution >= 0.6 is 0 Å². The van der Waals surface area contributed by atoms with Crippen LogP contribution in [0.2, 0.25) is 0 Å². The average Bonchev–Trinajstić information content (AvgIpc) is 2.38. The Kier molecular flexibility index (Phi) is 17.1. The summed E-state index contributed by atoms with van der Waals surface area (Å²) in [7, 11) is 0. The van der Waals surface area contributed by atoms with E-state index in [1.54, 1.807) is 0 Å². The number of hydrogen-bond donors (Lipinski definition) is 1. The van der Waals surface area contributed by atoms with Gasteiger partial charge >= 0.3 is 6.68 Å². The van der Waals surface area contributed by atoms with Gasteiger partial charge in [-0.05, 0) is 6.42 Å². The van der Waals surface area contributed by atoms with E-state index in [0.29, 0.717) is 0 Å². The van der Waals surface area contributed by atoms with Crippen LogP contribution in [-0.4, -0.2) is 6.68 Å². The standard InChI is InChI=1S/C11H18N.CHF3.HNS/c1-2-3-4-6-9-12-10-7-5-8-11-12;2-1(3)4;1-2/h5,7-8,10-11H,2-4,6,9H2,1H3;1H;1H/q+1;;. The normalized spacial score (nSPS) is 8.94. The maximum absolute atomic E-state index is 9.67. The van der Waals surface area contributed by atoms with Crippen LogP contribution in [0.3, 0.4) is 0 Å². The zero-order chi connectivity index (χ0) is 14.2. The number of halogens is 3.